The Labute approximate surface area is 117 Å². The van der Waals surface area contributed by atoms with Crippen molar-refractivity contribution >= 4 is 10.0 Å². The van der Waals surface area contributed by atoms with E-state index in [2.05, 4.69) is 10.0 Å². The van der Waals surface area contributed by atoms with E-state index < -0.39 is 26.9 Å². The molecule has 1 fully saturated rings. The fraction of sp³-hybridized carbons (Fsp3) is 0.538. The van der Waals surface area contributed by atoms with Crippen molar-refractivity contribution in [3.63, 3.8) is 0 Å². The van der Waals surface area contributed by atoms with E-state index in [1.165, 1.54) is 6.07 Å². The molecule has 0 aliphatic heterocycles. The minimum atomic E-state index is -3.48. The summed E-state index contributed by atoms with van der Waals surface area (Å²) in [6, 6.07) is 3.77. The molecular weight excluding hydrogens is 286 g/mol. The highest BCUT2D eigenvalue weighted by Crippen LogP contribution is 2.18. The van der Waals surface area contributed by atoms with Gasteiger partial charge < -0.3 is 5.32 Å². The van der Waals surface area contributed by atoms with Crippen LogP contribution in [0.2, 0.25) is 0 Å². The summed E-state index contributed by atoms with van der Waals surface area (Å²) < 4.78 is 52.1. The smallest absolute Gasteiger partial charge is 0.215 e. The predicted molar refractivity (Wildman–Crippen MR) is 72.6 cm³/mol. The number of sulfonamides is 1. The Morgan fingerprint density at radius 2 is 2.00 bits per heavy atom. The average molecular weight is 304 g/mol. The molecule has 1 aliphatic rings. The van der Waals surface area contributed by atoms with Crippen molar-refractivity contribution in [1.29, 1.82) is 0 Å². The van der Waals surface area contributed by atoms with E-state index in [-0.39, 0.29) is 6.54 Å². The fourth-order valence-electron chi connectivity index (χ4n) is 1.71. The lowest BCUT2D eigenvalue weighted by atomic mass is 10.2. The van der Waals surface area contributed by atoms with Gasteiger partial charge in [0, 0.05) is 19.1 Å². The topological polar surface area (TPSA) is 58.2 Å². The molecule has 1 aliphatic carbocycles. The van der Waals surface area contributed by atoms with Gasteiger partial charge >= 0.3 is 0 Å². The van der Waals surface area contributed by atoms with Gasteiger partial charge in [0.15, 0.2) is 11.6 Å². The van der Waals surface area contributed by atoms with E-state index >= 15 is 0 Å². The molecule has 0 radical (unpaired) electrons. The predicted octanol–water partition coefficient (Wildman–Crippen LogP) is 1.52. The first kappa shape index (κ1) is 15.3. The zero-order valence-corrected chi connectivity index (χ0v) is 12.0. The number of rotatable bonds is 7. The highest BCUT2D eigenvalue weighted by molar-refractivity contribution is 7.90. The molecule has 0 saturated heterocycles. The summed E-state index contributed by atoms with van der Waals surface area (Å²) >= 11 is 0. The lowest BCUT2D eigenvalue weighted by molar-refractivity contribution is 0.506. The number of benzene rings is 1. The molecule has 1 aromatic carbocycles. The van der Waals surface area contributed by atoms with Crippen molar-refractivity contribution in [2.24, 2.45) is 0 Å². The maximum atomic E-state index is 13.0. The van der Waals surface area contributed by atoms with E-state index in [1.807, 2.05) is 0 Å². The van der Waals surface area contributed by atoms with Crippen molar-refractivity contribution in [1.82, 2.24) is 10.0 Å². The second kappa shape index (κ2) is 6.15. The first-order chi connectivity index (χ1) is 9.38. The number of nitrogens with one attached hydrogen (secondary N) is 2. The quantitative estimate of drug-likeness (QED) is 0.803. The Morgan fingerprint density at radius 3 is 2.60 bits per heavy atom. The maximum absolute atomic E-state index is 13.0. The third-order valence-electron chi connectivity index (χ3n) is 3.26. The van der Waals surface area contributed by atoms with Crippen molar-refractivity contribution in [2.45, 2.75) is 37.6 Å². The Balaban J connectivity index is 1.88. The van der Waals surface area contributed by atoms with Gasteiger partial charge in [-0.2, -0.15) is 0 Å². The van der Waals surface area contributed by atoms with Crippen LogP contribution in [0.5, 0.6) is 0 Å². The largest absolute Gasteiger partial charge is 0.313 e. The summed E-state index contributed by atoms with van der Waals surface area (Å²) in [7, 11) is -3.48. The molecule has 0 spiro atoms. The minimum Gasteiger partial charge on any atom is -0.313 e. The second-order valence-corrected chi connectivity index (χ2v) is 7.29. The van der Waals surface area contributed by atoms with Crippen LogP contribution in [-0.4, -0.2) is 26.3 Å². The third kappa shape index (κ3) is 4.22. The molecule has 0 bridgehead atoms. The summed E-state index contributed by atoms with van der Waals surface area (Å²) in [5, 5.41) is 2.57. The van der Waals surface area contributed by atoms with Crippen LogP contribution in [0.3, 0.4) is 0 Å². The highest BCUT2D eigenvalue weighted by atomic mass is 32.2. The molecule has 2 rings (SSSR count). The molecule has 1 unspecified atom stereocenters. The van der Waals surface area contributed by atoms with Crippen LogP contribution < -0.4 is 10.0 Å². The highest BCUT2D eigenvalue weighted by Gasteiger charge is 2.25. The van der Waals surface area contributed by atoms with Gasteiger partial charge in [0.2, 0.25) is 10.0 Å². The second-order valence-electron chi connectivity index (χ2n) is 5.11. The molecule has 7 heteroatoms. The molecule has 112 valence electrons. The Kier molecular flexibility index (Phi) is 4.72. The first-order valence-corrected chi connectivity index (χ1v) is 8.09. The van der Waals surface area contributed by atoms with E-state index in [9.17, 15) is 17.2 Å². The summed E-state index contributed by atoms with van der Waals surface area (Å²) in [6.07, 6.45) is 2.18. The van der Waals surface area contributed by atoms with Crippen LogP contribution in [0.25, 0.3) is 0 Å². The van der Waals surface area contributed by atoms with Gasteiger partial charge in [-0.3, -0.25) is 0 Å². The number of hydrogen-bond donors (Lipinski definition) is 2. The van der Waals surface area contributed by atoms with Crippen molar-refractivity contribution in [3.05, 3.63) is 35.4 Å². The molecule has 0 amide bonds. The Hall–Kier alpha value is -1.05. The van der Waals surface area contributed by atoms with Gasteiger partial charge in [0.05, 0.1) is 5.25 Å². The molecule has 2 N–H and O–H groups in total. The van der Waals surface area contributed by atoms with E-state index in [1.54, 1.807) is 6.92 Å². The number of halogens is 2. The van der Waals surface area contributed by atoms with Gasteiger partial charge in [-0.1, -0.05) is 6.07 Å². The third-order valence-corrected chi connectivity index (χ3v) is 5.04. The monoisotopic (exact) mass is 304 g/mol. The molecule has 0 aromatic heterocycles. The molecule has 4 nitrogen and oxygen atoms in total. The van der Waals surface area contributed by atoms with E-state index in [4.69, 9.17) is 0 Å². The van der Waals surface area contributed by atoms with Crippen molar-refractivity contribution < 1.29 is 17.2 Å². The summed E-state index contributed by atoms with van der Waals surface area (Å²) in [4.78, 5) is 0. The fourth-order valence-corrected chi connectivity index (χ4v) is 2.67. The molecule has 0 heterocycles. The van der Waals surface area contributed by atoms with Crippen LogP contribution in [0.4, 0.5) is 8.78 Å². The van der Waals surface area contributed by atoms with Crippen molar-refractivity contribution in [3.8, 4) is 0 Å². The van der Waals surface area contributed by atoms with Gasteiger partial charge in [-0.15, -0.1) is 0 Å². The summed E-state index contributed by atoms with van der Waals surface area (Å²) in [6.45, 7) is 1.95. The minimum absolute atomic E-state index is 0.0483. The summed E-state index contributed by atoms with van der Waals surface area (Å²) in [5.41, 5.74) is 0.384. The standard InChI is InChI=1S/C13H18F2N2O2S/c1-9(7-16-11-3-4-11)20(18,19)17-8-10-2-5-12(14)13(15)6-10/h2,5-6,9,11,16-17H,3-4,7-8H2,1H3. The molecular formula is C13H18F2N2O2S. The van der Waals surface area contributed by atoms with Gasteiger partial charge in [-0.25, -0.2) is 21.9 Å². The number of hydrogen-bond acceptors (Lipinski definition) is 3. The van der Waals surface area contributed by atoms with Gasteiger partial charge in [0.1, 0.15) is 0 Å². The van der Waals surface area contributed by atoms with Crippen LogP contribution in [0, 0.1) is 11.6 Å². The van der Waals surface area contributed by atoms with Crippen molar-refractivity contribution in [2.75, 3.05) is 6.54 Å². The van der Waals surface area contributed by atoms with Crippen LogP contribution in [0.1, 0.15) is 25.3 Å². The SMILES string of the molecule is CC(CNC1CC1)S(=O)(=O)NCc1ccc(F)c(F)c1. The zero-order chi connectivity index (χ0) is 14.8. The lowest BCUT2D eigenvalue weighted by Crippen LogP contribution is -2.39. The van der Waals surface area contributed by atoms with E-state index in [0.717, 1.165) is 25.0 Å². The molecule has 1 saturated carbocycles. The Morgan fingerprint density at radius 1 is 1.30 bits per heavy atom. The van der Waals surface area contributed by atoms with Crippen LogP contribution in [0.15, 0.2) is 18.2 Å². The maximum Gasteiger partial charge on any atom is 0.215 e. The van der Waals surface area contributed by atoms with Crippen LogP contribution >= 0.6 is 0 Å². The Bertz CT molecular complexity index is 574. The summed E-state index contributed by atoms with van der Waals surface area (Å²) in [5.74, 6) is -1.93. The molecule has 20 heavy (non-hydrogen) atoms. The molecule has 1 atom stereocenters. The van der Waals surface area contributed by atoms with Crippen LogP contribution in [-0.2, 0) is 16.6 Å². The lowest BCUT2D eigenvalue weighted by Gasteiger charge is -2.14. The van der Waals surface area contributed by atoms with Gasteiger partial charge in [0.25, 0.3) is 0 Å². The first-order valence-electron chi connectivity index (χ1n) is 6.54. The average Bonchev–Trinajstić information content (AvgIpc) is 3.21. The molecule has 1 aromatic rings. The van der Waals surface area contributed by atoms with E-state index in [0.29, 0.717) is 18.2 Å². The normalized spacial score (nSPS) is 17.1. The van der Waals surface area contributed by atoms with Gasteiger partial charge in [-0.05, 0) is 37.5 Å². The zero-order valence-electron chi connectivity index (χ0n) is 11.2.